The third kappa shape index (κ3) is 5.86. The van der Waals surface area contributed by atoms with Gasteiger partial charge in [-0.2, -0.15) is 5.26 Å². The zero-order valence-corrected chi connectivity index (χ0v) is 16.7. The van der Waals surface area contributed by atoms with Crippen molar-refractivity contribution in [1.82, 2.24) is 0 Å². The van der Waals surface area contributed by atoms with Crippen molar-refractivity contribution in [3.8, 4) is 11.8 Å². The molecule has 1 N–H and O–H groups in total. The lowest BCUT2D eigenvalue weighted by atomic mass is 10.0. The molecular weight excluding hydrogens is 407 g/mol. The third-order valence-electron chi connectivity index (χ3n) is 3.95. The Labute approximate surface area is 179 Å². The number of rotatable bonds is 6. The maximum atomic E-state index is 12.1. The predicted molar refractivity (Wildman–Crippen MR) is 117 cm³/mol. The second kappa shape index (κ2) is 9.79. The molecule has 0 aliphatic heterocycles. The smallest absolute Gasteiger partial charge is 0.262 e. The van der Waals surface area contributed by atoms with E-state index in [1.807, 2.05) is 36.4 Å². The van der Waals surface area contributed by atoms with Gasteiger partial charge in [-0.05, 0) is 47.5 Å². The van der Waals surface area contributed by atoms with Crippen LogP contribution in [0.2, 0.25) is 10.0 Å². The summed E-state index contributed by atoms with van der Waals surface area (Å²) in [7, 11) is 0. The molecule has 0 aliphatic rings. The molecule has 0 aromatic heterocycles. The van der Waals surface area contributed by atoms with Crippen molar-refractivity contribution in [1.29, 1.82) is 5.26 Å². The molecule has 0 atom stereocenters. The van der Waals surface area contributed by atoms with Crippen molar-refractivity contribution in [2.75, 3.05) is 11.9 Å². The Morgan fingerprint density at radius 3 is 2.52 bits per heavy atom. The van der Waals surface area contributed by atoms with Crippen LogP contribution in [0.4, 0.5) is 5.69 Å². The van der Waals surface area contributed by atoms with Crippen LogP contribution in [-0.4, -0.2) is 12.5 Å². The first-order valence-corrected chi connectivity index (χ1v) is 9.46. The van der Waals surface area contributed by atoms with Gasteiger partial charge in [0.1, 0.15) is 5.75 Å². The molecule has 0 aliphatic carbocycles. The number of nitrogens with zero attached hydrogens (tertiary/aromatic N) is 1. The second-order valence-electron chi connectivity index (χ2n) is 6.07. The molecule has 3 aromatic rings. The minimum absolute atomic E-state index is 0.169. The fraction of sp³-hybridized carbons (Fsp3) is 0.0435. The van der Waals surface area contributed by atoms with Gasteiger partial charge in [-0.25, -0.2) is 0 Å². The summed E-state index contributed by atoms with van der Waals surface area (Å²) in [5.41, 5.74) is 2.71. The third-order valence-corrected chi connectivity index (χ3v) is 4.69. The molecule has 3 rings (SSSR count). The molecule has 4 nitrogen and oxygen atoms in total. The van der Waals surface area contributed by atoms with Crippen molar-refractivity contribution < 1.29 is 9.53 Å². The number of hydrogen-bond donors (Lipinski definition) is 1. The zero-order valence-electron chi connectivity index (χ0n) is 15.2. The molecule has 29 heavy (non-hydrogen) atoms. The molecule has 144 valence electrons. The van der Waals surface area contributed by atoms with Gasteiger partial charge in [-0.3, -0.25) is 4.79 Å². The molecule has 0 unspecified atom stereocenters. The number of anilines is 1. The maximum Gasteiger partial charge on any atom is 0.262 e. The number of benzene rings is 3. The summed E-state index contributed by atoms with van der Waals surface area (Å²) < 4.78 is 5.57. The number of nitriles is 1. The van der Waals surface area contributed by atoms with E-state index in [0.29, 0.717) is 27.1 Å². The van der Waals surface area contributed by atoms with Gasteiger partial charge in [0.25, 0.3) is 5.91 Å². The highest BCUT2D eigenvalue weighted by Crippen LogP contribution is 2.25. The highest BCUT2D eigenvalue weighted by atomic mass is 35.5. The lowest BCUT2D eigenvalue weighted by Crippen LogP contribution is -2.20. The molecule has 0 saturated heterocycles. The average Bonchev–Trinajstić information content (AvgIpc) is 2.74. The van der Waals surface area contributed by atoms with E-state index < -0.39 is 0 Å². The van der Waals surface area contributed by atoms with Crippen LogP contribution < -0.4 is 10.1 Å². The number of carbonyl (C=O) groups excluding carboxylic acids is 1. The van der Waals surface area contributed by atoms with E-state index in [1.165, 1.54) is 0 Å². The molecular formula is C23H16Cl2N2O2. The molecule has 3 aromatic carbocycles. The number of halogens is 2. The molecule has 1 amide bonds. The number of ether oxygens (including phenoxy) is 1. The predicted octanol–water partition coefficient (Wildman–Crippen LogP) is 6.08. The van der Waals surface area contributed by atoms with Crippen LogP contribution in [0, 0.1) is 11.3 Å². The minimum atomic E-state index is -0.327. The summed E-state index contributed by atoms with van der Waals surface area (Å²) in [5, 5.41) is 12.9. The molecule has 0 saturated carbocycles. The van der Waals surface area contributed by atoms with E-state index in [0.717, 1.165) is 11.1 Å². The Balaban J connectivity index is 1.65. The first-order chi connectivity index (χ1) is 14.0. The Bertz CT molecular complexity index is 1090. The average molecular weight is 423 g/mol. The van der Waals surface area contributed by atoms with Crippen molar-refractivity contribution in [2.24, 2.45) is 0 Å². The van der Waals surface area contributed by atoms with E-state index in [1.54, 1.807) is 42.5 Å². The Morgan fingerprint density at radius 1 is 1.00 bits per heavy atom. The van der Waals surface area contributed by atoms with E-state index >= 15 is 0 Å². The standard InChI is InChI=1S/C23H16Cl2N2O2/c24-21-10-9-19(13-22(21)25)27-23(28)15-29-20-8-4-5-16(12-20)11-18(14-26)17-6-2-1-3-7-17/h1-13H,15H2,(H,27,28)/b18-11+. The van der Waals surface area contributed by atoms with Gasteiger partial charge in [0, 0.05) is 5.69 Å². The van der Waals surface area contributed by atoms with E-state index in [9.17, 15) is 10.1 Å². The number of hydrogen-bond acceptors (Lipinski definition) is 3. The lowest BCUT2D eigenvalue weighted by molar-refractivity contribution is -0.118. The molecule has 0 spiro atoms. The van der Waals surface area contributed by atoms with Crippen LogP contribution in [-0.2, 0) is 4.79 Å². The van der Waals surface area contributed by atoms with Crippen molar-refractivity contribution in [2.45, 2.75) is 0 Å². The first kappa shape index (κ1) is 20.5. The topological polar surface area (TPSA) is 62.1 Å². The van der Waals surface area contributed by atoms with Crippen molar-refractivity contribution in [3.05, 3.63) is 94.0 Å². The molecule has 0 heterocycles. The van der Waals surface area contributed by atoms with E-state index in [2.05, 4.69) is 11.4 Å². The number of allylic oxidation sites excluding steroid dienone is 1. The van der Waals surface area contributed by atoms with Gasteiger partial charge in [0.05, 0.1) is 21.7 Å². The Morgan fingerprint density at radius 2 is 1.79 bits per heavy atom. The van der Waals surface area contributed by atoms with Crippen LogP contribution in [0.5, 0.6) is 5.75 Å². The molecule has 0 fully saturated rings. The molecule has 0 bridgehead atoms. The normalized spacial score (nSPS) is 10.9. The highest BCUT2D eigenvalue weighted by Gasteiger charge is 2.07. The van der Waals surface area contributed by atoms with Crippen LogP contribution in [0.25, 0.3) is 11.6 Å². The lowest BCUT2D eigenvalue weighted by Gasteiger charge is -2.09. The SMILES string of the molecule is N#C/C(=C\c1cccc(OCC(=O)Nc2ccc(Cl)c(Cl)c2)c1)c1ccccc1. The quantitative estimate of drug-likeness (QED) is 0.386. The second-order valence-corrected chi connectivity index (χ2v) is 6.89. The Kier molecular flexibility index (Phi) is 6.91. The van der Waals surface area contributed by atoms with Gasteiger partial charge in [-0.15, -0.1) is 0 Å². The Hall–Kier alpha value is -3.26. The van der Waals surface area contributed by atoms with Gasteiger partial charge in [-0.1, -0.05) is 65.7 Å². The van der Waals surface area contributed by atoms with E-state index in [-0.39, 0.29) is 12.5 Å². The minimum Gasteiger partial charge on any atom is -0.484 e. The number of carbonyl (C=O) groups is 1. The summed E-state index contributed by atoms with van der Waals surface area (Å²) in [4.78, 5) is 12.1. The summed E-state index contributed by atoms with van der Waals surface area (Å²) in [6.45, 7) is -0.169. The van der Waals surface area contributed by atoms with Crippen LogP contribution in [0.1, 0.15) is 11.1 Å². The number of nitrogens with one attached hydrogen (secondary N) is 1. The number of amides is 1. The highest BCUT2D eigenvalue weighted by molar-refractivity contribution is 6.42. The van der Waals surface area contributed by atoms with Crippen LogP contribution in [0.3, 0.4) is 0 Å². The van der Waals surface area contributed by atoms with Crippen molar-refractivity contribution >= 4 is 46.4 Å². The van der Waals surface area contributed by atoms with Gasteiger partial charge in [0.15, 0.2) is 6.61 Å². The molecule has 0 radical (unpaired) electrons. The van der Waals surface area contributed by atoms with Crippen LogP contribution >= 0.6 is 23.2 Å². The fourth-order valence-electron chi connectivity index (χ4n) is 2.58. The zero-order chi connectivity index (χ0) is 20.6. The largest absolute Gasteiger partial charge is 0.484 e. The fourth-order valence-corrected chi connectivity index (χ4v) is 2.88. The van der Waals surface area contributed by atoms with Crippen molar-refractivity contribution in [3.63, 3.8) is 0 Å². The van der Waals surface area contributed by atoms with Gasteiger partial charge in [0.2, 0.25) is 0 Å². The van der Waals surface area contributed by atoms with E-state index in [4.69, 9.17) is 27.9 Å². The molecule has 6 heteroatoms. The van der Waals surface area contributed by atoms with Gasteiger partial charge >= 0.3 is 0 Å². The first-order valence-electron chi connectivity index (χ1n) is 8.70. The summed E-state index contributed by atoms with van der Waals surface area (Å²) in [6.07, 6.45) is 1.78. The van der Waals surface area contributed by atoms with Gasteiger partial charge < -0.3 is 10.1 Å². The monoisotopic (exact) mass is 422 g/mol. The summed E-state index contributed by atoms with van der Waals surface area (Å²) >= 11 is 11.8. The summed E-state index contributed by atoms with van der Waals surface area (Å²) in [5.74, 6) is 0.194. The maximum absolute atomic E-state index is 12.1. The van der Waals surface area contributed by atoms with Crippen LogP contribution in [0.15, 0.2) is 72.8 Å². The summed E-state index contributed by atoms with van der Waals surface area (Å²) in [6, 6.07) is 23.6.